The number of aromatic nitrogens is 3. The molecular weight excluding hydrogens is 500 g/mol. The lowest BCUT2D eigenvalue weighted by molar-refractivity contribution is -0.131. The number of carbonyl (C=O) groups excluding carboxylic acids is 1. The van der Waals surface area contributed by atoms with Crippen LogP contribution in [0.4, 0.5) is 23.2 Å². The Morgan fingerprint density at radius 2 is 1.92 bits per heavy atom. The molecule has 10 heteroatoms. The SMILES string of the molecule is Cc1cc(F)cc(Oc2cc(NCCC(F)(F)F)c3ncc(-c4ccc(C(=O)CC5CC5)c(C)c4)n3n2)c1. The Kier molecular flexibility index (Phi) is 6.81. The molecule has 1 fully saturated rings. The highest BCUT2D eigenvalue weighted by atomic mass is 19.4. The van der Waals surface area contributed by atoms with E-state index in [9.17, 15) is 22.4 Å². The van der Waals surface area contributed by atoms with Crippen LogP contribution in [0.15, 0.2) is 48.7 Å². The van der Waals surface area contributed by atoms with E-state index in [4.69, 9.17) is 4.74 Å². The monoisotopic (exact) mass is 526 g/mol. The minimum atomic E-state index is -4.33. The maximum atomic E-state index is 13.9. The standard InChI is InChI=1S/C28H26F4N4O2/c1-16-9-20(29)13-21(10-16)38-26-14-23(33-8-7-28(30,31)32)27-34-15-24(36(27)35-26)19-5-6-22(17(2)11-19)25(37)12-18-3-4-18/h5-6,9-11,13-15,18,33H,3-4,7-8,12H2,1-2H3. The van der Waals surface area contributed by atoms with E-state index in [1.54, 1.807) is 31.3 Å². The third-order valence-electron chi connectivity index (χ3n) is 6.40. The summed E-state index contributed by atoms with van der Waals surface area (Å²) >= 11 is 0. The lowest BCUT2D eigenvalue weighted by Crippen LogP contribution is -2.15. The fourth-order valence-corrected chi connectivity index (χ4v) is 4.37. The van der Waals surface area contributed by atoms with Crippen molar-refractivity contribution >= 4 is 17.1 Å². The molecule has 0 bridgehead atoms. The van der Waals surface area contributed by atoms with Gasteiger partial charge in [-0.3, -0.25) is 4.79 Å². The first-order chi connectivity index (χ1) is 18.1. The van der Waals surface area contributed by atoms with Gasteiger partial charge >= 0.3 is 6.18 Å². The van der Waals surface area contributed by atoms with Crippen LogP contribution < -0.4 is 10.1 Å². The molecule has 38 heavy (non-hydrogen) atoms. The summed E-state index contributed by atoms with van der Waals surface area (Å²) in [5, 5.41) is 7.27. The number of ketones is 1. The second-order valence-corrected chi connectivity index (χ2v) is 9.73. The van der Waals surface area contributed by atoms with Crippen molar-refractivity contribution in [1.29, 1.82) is 0 Å². The molecule has 0 amide bonds. The summed E-state index contributed by atoms with van der Waals surface area (Å²) in [6.45, 7) is 3.21. The smallest absolute Gasteiger partial charge is 0.390 e. The number of halogens is 4. The zero-order valence-corrected chi connectivity index (χ0v) is 20.9. The number of carbonyl (C=O) groups is 1. The number of nitrogens with zero attached hydrogens (tertiary/aromatic N) is 3. The van der Waals surface area contributed by atoms with Gasteiger partial charge in [-0.25, -0.2) is 13.9 Å². The molecule has 1 aliphatic carbocycles. The summed E-state index contributed by atoms with van der Waals surface area (Å²) in [6.07, 6.45) is -1.07. The van der Waals surface area contributed by atoms with Crippen LogP contribution in [0.3, 0.4) is 0 Å². The first-order valence-electron chi connectivity index (χ1n) is 12.3. The summed E-state index contributed by atoms with van der Waals surface area (Å²) in [7, 11) is 0. The van der Waals surface area contributed by atoms with E-state index in [1.807, 2.05) is 13.0 Å². The van der Waals surface area contributed by atoms with Gasteiger partial charge < -0.3 is 10.1 Å². The van der Waals surface area contributed by atoms with Gasteiger partial charge in [-0.15, -0.1) is 5.10 Å². The number of nitrogens with one attached hydrogen (secondary N) is 1. The number of Topliss-reactive ketones (excluding diaryl/α,β-unsaturated/α-hetero) is 1. The van der Waals surface area contributed by atoms with Crippen molar-refractivity contribution in [3.8, 4) is 22.9 Å². The van der Waals surface area contributed by atoms with Gasteiger partial charge in [0.15, 0.2) is 11.4 Å². The number of alkyl halides is 3. The third-order valence-corrected chi connectivity index (χ3v) is 6.40. The van der Waals surface area contributed by atoms with Gasteiger partial charge in [-0.1, -0.05) is 12.1 Å². The third kappa shape index (κ3) is 5.95. The number of ether oxygens (including phenoxy) is 1. The fourth-order valence-electron chi connectivity index (χ4n) is 4.37. The number of benzene rings is 2. The van der Waals surface area contributed by atoms with Crippen LogP contribution in [0.25, 0.3) is 16.9 Å². The number of anilines is 1. The molecule has 0 unspecified atom stereocenters. The minimum absolute atomic E-state index is 0.0456. The Morgan fingerprint density at radius 3 is 2.61 bits per heavy atom. The van der Waals surface area contributed by atoms with Crippen LogP contribution in [0.5, 0.6) is 11.6 Å². The highest BCUT2D eigenvalue weighted by Crippen LogP contribution is 2.35. The first kappa shape index (κ1) is 25.7. The van der Waals surface area contributed by atoms with Gasteiger partial charge in [-0.2, -0.15) is 13.2 Å². The summed E-state index contributed by atoms with van der Waals surface area (Å²) in [4.78, 5) is 17.0. The van der Waals surface area contributed by atoms with Crippen LogP contribution in [0, 0.1) is 25.6 Å². The minimum Gasteiger partial charge on any atom is -0.437 e. The van der Waals surface area contributed by atoms with E-state index < -0.39 is 18.4 Å². The maximum Gasteiger partial charge on any atom is 0.390 e. The fraction of sp³-hybridized carbons (Fsp3) is 0.321. The van der Waals surface area contributed by atoms with Gasteiger partial charge in [0.05, 0.1) is 24.0 Å². The molecule has 0 saturated heterocycles. The largest absolute Gasteiger partial charge is 0.437 e. The Labute approximate surface area is 216 Å². The molecule has 0 radical (unpaired) electrons. The summed E-state index contributed by atoms with van der Waals surface area (Å²) in [5.74, 6) is 0.355. The normalized spacial score (nSPS) is 13.6. The number of fused-ring (bicyclic) bond motifs is 1. The predicted molar refractivity (Wildman–Crippen MR) is 135 cm³/mol. The van der Waals surface area contributed by atoms with Crippen molar-refractivity contribution in [3.63, 3.8) is 0 Å². The summed E-state index contributed by atoms with van der Waals surface area (Å²) in [6, 6.07) is 11.1. The quantitative estimate of drug-likeness (QED) is 0.183. The molecule has 2 aromatic heterocycles. The summed E-state index contributed by atoms with van der Waals surface area (Å²) < 4.78 is 59.5. The van der Waals surface area contributed by atoms with Gasteiger partial charge in [0.1, 0.15) is 11.6 Å². The number of hydrogen-bond donors (Lipinski definition) is 1. The van der Waals surface area contributed by atoms with E-state index in [1.165, 1.54) is 22.7 Å². The molecule has 0 aliphatic heterocycles. The molecule has 1 saturated carbocycles. The number of rotatable bonds is 9. The second-order valence-electron chi connectivity index (χ2n) is 9.73. The van der Waals surface area contributed by atoms with E-state index >= 15 is 0 Å². The van der Waals surface area contributed by atoms with Crippen molar-refractivity contribution < 1.29 is 27.1 Å². The molecular formula is C28H26F4N4O2. The number of aryl methyl sites for hydroxylation is 2. The van der Waals surface area contributed by atoms with Gasteiger partial charge in [0.25, 0.3) is 0 Å². The highest BCUT2D eigenvalue weighted by molar-refractivity contribution is 5.98. The molecule has 0 spiro atoms. The van der Waals surface area contributed by atoms with Crippen LogP contribution in [0.1, 0.15) is 47.2 Å². The number of imidazole rings is 1. The molecule has 4 aromatic rings. The van der Waals surface area contributed by atoms with E-state index in [2.05, 4.69) is 15.4 Å². The Morgan fingerprint density at radius 1 is 1.13 bits per heavy atom. The zero-order chi connectivity index (χ0) is 27.0. The molecule has 6 nitrogen and oxygen atoms in total. The molecule has 1 aliphatic rings. The average molecular weight is 527 g/mol. The van der Waals surface area contributed by atoms with Crippen molar-refractivity contribution in [2.24, 2.45) is 5.92 Å². The molecule has 2 heterocycles. The van der Waals surface area contributed by atoms with Gasteiger partial charge in [-0.05, 0) is 61.9 Å². The lowest BCUT2D eigenvalue weighted by Gasteiger charge is -2.13. The Hall–Kier alpha value is -3.95. The van der Waals surface area contributed by atoms with Gasteiger partial charge in [0.2, 0.25) is 5.88 Å². The predicted octanol–water partition coefficient (Wildman–Crippen LogP) is 7.29. The van der Waals surface area contributed by atoms with Crippen molar-refractivity contribution in [2.45, 2.75) is 45.7 Å². The first-order valence-corrected chi connectivity index (χ1v) is 12.3. The Balaban J connectivity index is 1.52. The van der Waals surface area contributed by atoms with E-state index in [0.717, 1.165) is 24.0 Å². The van der Waals surface area contributed by atoms with E-state index in [0.29, 0.717) is 34.8 Å². The lowest BCUT2D eigenvalue weighted by atomic mass is 9.98. The molecule has 0 atom stereocenters. The van der Waals surface area contributed by atoms with Crippen LogP contribution >= 0.6 is 0 Å². The maximum absolute atomic E-state index is 13.9. The zero-order valence-electron chi connectivity index (χ0n) is 20.9. The van der Waals surface area contributed by atoms with Crippen molar-refractivity contribution in [1.82, 2.24) is 14.6 Å². The van der Waals surface area contributed by atoms with Crippen molar-refractivity contribution in [2.75, 3.05) is 11.9 Å². The average Bonchev–Trinajstić information content (AvgIpc) is 3.52. The molecule has 2 aromatic carbocycles. The van der Waals surface area contributed by atoms with Crippen LogP contribution in [0.2, 0.25) is 0 Å². The van der Waals surface area contributed by atoms with Gasteiger partial charge in [0, 0.05) is 36.2 Å². The topological polar surface area (TPSA) is 68.5 Å². The molecule has 5 rings (SSSR count). The van der Waals surface area contributed by atoms with Crippen molar-refractivity contribution in [3.05, 3.63) is 71.2 Å². The van der Waals surface area contributed by atoms with Crippen LogP contribution in [-0.4, -0.2) is 33.1 Å². The molecule has 198 valence electrons. The van der Waals surface area contributed by atoms with E-state index in [-0.39, 0.29) is 29.6 Å². The molecule has 1 N–H and O–H groups in total. The summed E-state index contributed by atoms with van der Waals surface area (Å²) in [5.41, 5.74) is 3.99. The second kappa shape index (κ2) is 10.1. The number of hydrogen-bond acceptors (Lipinski definition) is 5. The highest BCUT2D eigenvalue weighted by Gasteiger charge is 2.27. The van der Waals surface area contributed by atoms with Crippen LogP contribution in [-0.2, 0) is 0 Å². The Bertz CT molecular complexity index is 1490.